The Balaban J connectivity index is 2.68. The van der Waals surface area contributed by atoms with Crippen molar-refractivity contribution in [1.29, 1.82) is 0 Å². The fourth-order valence-corrected chi connectivity index (χ4v) is 1.43. The summed E-state index contributed by atoms with van der Waals surface area (Å²) in [4.78, 5) is 22.0. The van der Waals surface area contributed by atoms with Gasteiger partial charge in [-0.2, -0.15) is 13.2 Å². The Morgan fingerprint density at radius 2 is 1.80 bits per heavy atom. The molecule has 6 heteroatoms. The van der Waals surface area contributed by atoms with Gasteiger partial charge >= 0.3 is 6.18 Å². The summed E-state index contributed by atoms with van der Waals surface area (Å²) in [5.41, 5.74) is -1.75. The van der Waals surface area contributed by atoms with Gasteiger partial charge < -0.3 is 5.32 Å². The van der Waals surface area contributed by atoms with E-state index in [1.807, 2.05) is 0 Å². The SMILES string of the molecule is O=C1Nc2cccc(C(F)(F)F)c2C1=O. The highest BCUT2D eigenvalue weighted by atomic mass is 19.4. The number of hydrogen-bond acceptors (Lipinski definition) is 2. The molecule has 15 heavy (non-hydrogen) atoms. The van der Waals surface area contributed by atoms with E-state index >= 15 is 0 Å². The molecule has 0 spiro atoms. The Labute approximate surface area is 81.9 Å². The van der Waals surface area contributed by atoms with Crippen molar-refractivity contribution < 1.29 is 22.8 Å². The molecule has 0 fully saturated rings. The zero-order valence-electron chi connectivity index (χ0n) is 7.18. The zero-order chi connectivity index (χ0) is 11.2. The van der Waals surface area contributed by atoms with Gasteiger partial charge in [0.05, 0.1) is 16.8 Å². The maximum Gasteiger partial charge on any atom is 0.417 e. The number of carbonyl (C=O) groups is 2. The van der Waals surface area contributed by atoms with Crippen molar-refractivity contribution in [1.82, 2.24) is 0 Å². The fourth-order valence-electron chi connectivity index (χ4n) is 1.43. The number of fused-ring (bicyclic) bond motifs is 1. The number of Topliss-reactive ketones (excluding diaryl/α,β-unsaturated/α-hetero) is 1. The highest BCUT2D eigenvalue weighted by molar-refractivity contribution is 6.52. The van der Waals surface area contributed by atoms with Gasteiger partial charge in [0.1, 0.15) is 0 Å². The van der Waals surface area contributed by atoms with Gasteiger partial charge in [0, 0.05) is 0 Å². The van der Waals surface area contributed by atoms with Crippen molar-refractivity contribution in [3.8, 4) is 0 Å². The quantitative estimate of drug-likeness (QED) is 0.671. The predicted octanol–water partition coefficient (Wildman–Crippen LogP) is 1.84. The predicted molar refractivity (Wildman–Crippen MR) is 44.4 cm³/mol. The Kier molecular flexibility index (Phi) is 1.82. The van der Waals surface area contributed by atoms with E-state index in [-0.39, 0.29) is 5.69 Å². The lowest BCUT2D eigenvalue weighted by Crippen LogP contribution is -2.15. The summed E-state index contributed by atoms with van der Waals surface area (Å²) < 4.78 is 37.4. The van der Waals surface area contributed by atoms with E-state index in [0.29, 0.717) is 0 Å². The first-order chi connectivity index (χ1) is 6.91. The summed E-state index contributed by atoms with van der Waals surface area (Å²) >= 11 is 0. The first kappa shape index (κ1) is 9.70. The highest BCUT2D eigenvalue weighted by Crippen LogP contribution is 2.37. The molecule has 1 aliphatic rings. The van der Waals surface area contributed by atoms with Crippen LogP contribution in [-0.2, 0) is 11.0 Å². The van der Waals surface area contributed by atoms with Gasteiger partial charge in [-0.25, -0.2) is 0 Å². The Bertz CT molecular complexity index is 465. The molecule has 1 amide bonds. The van der Waals surface area contributed by atoms with Crippen LogP contribution >= 0.6 is 0 Å². The number of nitrogens with one attached hydrogen (secondary N) is 1. The summed E-state index contributed by atoms with van der Waals surface area (Å²) in [7, 11) is 0. The van der Waals surface area contributed by atoms with Gasteiger partial charge in [-0.3, -0.25) is 9.59 Å². The smallest absolute Gasteiger partial charge is 0.318 e. The molecule has 1 aliphatic heterocycles. The minimum atomic E-state index is -4.63. The minimum Gasteiger partial charge on any atom is -0.318 e. The van der Waals surface area contributed by atoms with Crippen molar-refractivity contribution in [2.75, 3.05) is 5.32 Å². The Morgan fingerprint density at radius 1 is 1.13 bits per heavy atom. The van der Waals surface area contributed by atoms with Gasteiger partial charge in [0.15, 0.2) is 0 Å². The van der Waals surface area contributed by atoms with Gasteiger partial charge in [-0.05, 0) is 12.1 Å². The highest BCUT2D eigenvalue weighted by Gasteiger charge is 2.40. The lowest BCUT2D eigenvalue weighted by Gasteiger charge is -2.09. The van der Waals surface area contributed by atoms with E-state index in [4.69, 9.17) is 0 Å². The molecule has 0 aliphatic carbocycles. The lowest BCUT2D eigenvalue weighted by molar-refractivity contribution is -0.137. The number of hydrogen-bond donors (Lipinski definition) is 1. The summed E-state index contributed by atoms with van der Waals surface area (Å²) in [5, 5.41) is 2.07. The van der Waals surface area contributed by atoms with Crippen LogP contribution in [0, 0.1) is 0 Å². The number of halogens is 3. The molecule has 0 unspecified atom stereocenters. The number of benzene rings is 1. The Morgan fingerprint density at radius 3 is 2.40 bits per heavy atom. The number of rotatable bonds is 0. The average molecular weight is 215 g/mol. The van der Waals surface area contributed by atoms with Crippen LogP contribution in [0.3, 0.4) is 0 Å². The maximum absolute atomic E-state index is 12.5. The average Bonchev–Trinajstić information content (AvgIpc) is 2.41. The summed E-state index contributed by atoms with van der Waals surface area (Å²) in [5.74, 6) is -2.17. The monoisotopic (exact) mass is 215 g/mol. The third-order valence-corrected chi connectivity index (χ3v) is 2.05. The molecule has 1 heterocycles. The molecule has 2 rings (SSSR count). The van der Waals surface area contributed by atoms with Crippen molar-refractivity contribution in [3.63, 3.8) is 0 Å². The van der Waals surface area contributed by atoms with Gasteiger partial charge in [0.25, 0.3) is 11.7 Å². The lowest BCUT2D eigenvalue weighted by atomic mass is 10.0. The van der Waals surface area contributed by atoms with Crippen LogP contribution in [0.5, 0.6) is 0 Å². The molecule has 0 atom stereocenters. The number of alkyl halides is 3. The zero-order valence-corrected chi connectivity index (χ0v) is 7.18. The van der Waals surface area contributed by atoms with Gasteiger partial charge in [-0.1, -0.05) is 6.07 Å². The van der Waals surface area contributed by atoms with E-state index in [0.717, 1.165) is 12.1 Å². The first-order valence-electron chi connectivity index (χ1n) is 3.97. The molecule has 0 bridgehead atoms. The van der Waals surface area contributed by atoms with E-state index in [9.17, 15) is 22.8 Å². The van der Waals surface area contributed by atoms with E-state index in [2.05, 4.69) is 5.32 Å². The second-order valence-corrected chi connectivity index (χ2v) is 3.01. The third-order valence-electron chi connectivity index (χ3n) is 2.05. The van der Waals surface area contributed by atoms with E-state index in [1.54, 1.807) is 0 Å². The number of ketones is 1. The van der Waals surface area contributed by atoms with Crippen LogP contribution in [0.1, 0.15) is 15.9 Å². The van der Waals surface area contributed by atoms with E-state index in [1.165, 1.54) is 6.07 Å². The van der Waals surface area contributed by atoms with Gasteiger partial charge in [-0.15, -0.1) is 0 Å². The molecule has 78 valence electrons. The number of carbonyl (C=O) groups excluding carboxylic acids is 2. The third kappa shape index (κ3) is 1.38. The molecule has 3 nitrogen and oxygen atoms in total. The minimum absolute atomic E-state index is 0.0835. The number of amides is 1. The number of anilines is 1. The van der Waals surface area contributed by atoms with Crippen LogP contribution in [0.25, 0.3) is 0 Å². The standard InChI is InChI=1S/C9H4F3NO2/c10-9(11,12)4-2-1-3-5-6(4)7(14)8(15)13-5/h1-3H,(H,13,14,15). The largest absolute Gasteiger partial charge is 0.417 e. The van der Waals surface area contributed by atoms with Crippen molar-refractivity contribution in [3.05, 3.63) is 29.3 Å². The van der Waals surface area contributed by atoms with Gasteiger partial charge in [0.2, 0.25) is 0 Å². The first-order valence-corrected chi connectivity index (χ1v) is 3.97. The van der Waals surface area contributed by atoms with Crippen LogP contribution in [0.15, 0.2) is 18.2 Å². The maximum atomic E-state index is 12.5. The van der Waals surface area contributed by atoms with Crippen LogP contribution in [-0.4, -0.2) is 11.7 Å². The normalized spacial score (nSPS) is 15.1. The van der Waals surface area contributed by atoms with Crippen LogP contribution < -0.4 is 5.32 Å². The molecule has 0 saturated carbocycles. The molecular formula is C9H4F3NO2. The molecule has 0 saturated heterocycles. The second-order valence-electron chi connectivity index (χ2n) is 3.01. The van der Waals surface area contributed by atoms with Crippen molar-refractivity contribution >= 4 is 17.4 Å². The topological polar surface area (TPSA) is 46.2 Å². The van der Waals surface area contributed by atoms with Crippen molar-refractivity contribution in [2.24, 2.45) is 0 Å². The molecule has 1 aromatic rings. The molecule has 0 radical (unpaired) electrons. The molecule has 1 N–H and O–H groups in total. The second kappa shape index (κ2) is 2.82. The summed E-state index contributed by atoms with van der Waals surface area (Å²) in [6.45, 7) is 0. The van der Waals surface area contributed by atoms with Crippen molar-refractivity contribution in [2.45, 2.75) is 6.18 Å². The molecule has 1 aromatic carbocycles. The van der Waals surface area contributed by atoms with E-state index < -0.39 is 29.0 Å². The van der Waals surface area contributed by atoms with Crippen LogP contribution in [0.4, 0.5) is 18.9 Å². The summed E-state index contributed by atoms with van der Waals surface area (Å²) in [6.07, 6.45) is -4.63. The molecule has 0 aromatic heterocycles. The fraction of sp³-hybridized carbons (Fsp3) is 0.111. The van der Waals surface area contributed by atoms with Crippen LogP contribution in [0.2, 0.25) is 0 Å². The Hall–Kier alpha value is -1.85. The summed E-state index contributed by atoms with van der Waals surface area (Å²) in [6, 6.07) is 3.17. The molecular weight excluding hydrogens is 211 g/mol.